The van der Waals surface area contributed by atoms with E-state index in [1.807, 2.05) is 6.07 Å². The molecule has 0 atom stereocenters. The molecular weight excluding hydrogens is 231 g/mol. The third-order valence-corrected chi connectivity index (χ3v) is 2.49. The molecule has 0 aliphatic rings. The lowest BCUT2D eigenvalue weighted by atomic mass is 10.1. The van der Waals surface area contributed by atoms with Crippen molar-refractivity contribution in [1.29, 1.82) is 0 Å². The minimum atomic E-state index is -0.267. The van der Waals surface area contributed by atoms with Crippen LogP contribution in [0.4, 0.5) is 10.2 Å². The number of rotatable bonds is 4. The van der Waals surface area contributed by atoms with Crippen LogP contribution in [-0.2, 0) is 11.2 Å². The van der Waals surface area contributed by atoms with E-state index in [4.69, 9.17) is 0 Å². The first-order chi connectivity index (χ1) is 8.74. The Labute approximate surface area is 105 Å². The second-order valence-electron chi connectivity index (χ2n) is 3.89. The van der Waals surface area contributed by atoms with Crippen molar-refractivity contribution < 1.29 is 9.18 Å². The van der Waals surface area contributed by atoms with Gasteiger partial charge in [-0.05, 0) is 36.2 Å². The topological polar surface area (TPSA) is 42.0 Å². The van der Waals surface area contributed by atoms with Gasteiger partial charge in [0.25, 0.3) is 0 Å². The van der Waals surface area contributed by atoms with Crippen molar-refractivity contribution in [3.63, 3.8) is 0 Å². The third kappa shape index (κ3) is 3.66. The monoisotopic (exact) mass is 244 g/mol. The number of carbonyl (C=O) groups is 1. The van der Waals surface area contributed by atoms with Gasteiger partial charge in [-0.2, -0.15) is 0 Å². The molecule has 3 nitrogen and oxygen atoms in total. The number of amides is 1. The van der Waals surface area contributed by atoms with Crippen molar-refractivity contribution >= 4 is 11.7 Å². The highest BCUT2D eigenvalue weighted by atomic mass is 19.1. The number of nitrogens with zero attached hydrogens (tertiary/aromatic N) is 1. The number of carbonyl (C=O) groups excluding carboxylic acids is 1. The van der Waals surface area contributed by atoms with Crippen molar-refractivity contribution in [1.82, 2.24) is 4.98 Å². The molecule has 0 saturated heterocycles. The Morgan fingerprint density at radius 2 is 1.94 bits per heavy atom. The summed E-state index contributed by atoms with van der Waals surface area (Å²) in [5, 5.41) is 2.70. The van der Waals surface area contributed by atoms with E-state index in [-0.39, 0.29) is 11.7 Å². The predicted molar refractivity (Wildman–Crippen MR) is 67.6 cm³/mol. The second-order valence-corrected chi connectivity index (χ2v) is 3.89. The van der Waals surface area contributed by atoms with E-state index >= 15 is 0 Å². The zero-order chi connectivity index (χ0) is 12.8. The molecule has 0 spiro atoms. The van der Waals surface area contributed by atoms with E-state index in [9.17, 15) is 9.18 Å². The summed E-state index contributed by atoms with van der Waals surface area (Å²) in [5.74, 6) is 0.177. The maximum absolute atomic E-state index is 12.7. The predicted octanol–water partition coefficient (Wildman–Crippen LogP) is 2.79. The standard InChI is InChI=1S/C14H13FN2O/c15-12-7-4-11(5-8-12)6-9-14(18)17-13-3-1-2-10-16-13/h1-5,7-8,10H,6,9H2,(H,16,17,18). The van der Waals surface area contributed by atoms with Crippen molar-refractivity contribution in [2.75, 3.05) is 5.32 Å². The Bertz CT molecular complexity index is 511. The first-order valence-corrected chi connectivity index (χ1v) is 5.69. The fourth-order valence-electron chi connectivity index (χ4n) is 1.55. The molecule has 1 aromatic carbocycles. The van der Waals surface area contributed by atoms with Crippen LogP contribution in [0.3, 0.4) is 0 Å². The maximum atomic E-state index is 12.7. The Balaban J connectivity index is 1.83. The van der Waals surface area contributed by atoms with Gasteiger partial charge < -0.3 is 5.32 Å². The van der Waals surface area contributed by atoms with E-state index in [2.05, 4.69) is 10.3 Å². The molecule has 0 aliphatic heterocycles. The smallest absolute Gasteiger partial charge is 0.225 e. The van der Waals surface area contributed by atoms with E-state index < -0.39 is 0 Å². The van der Waals surface area contributed by atoms with Gasteiger partial charge in [-0.15, -0.1) is 0 Å². The van der Waals surface area contributed by atoms with E-state index in [0.717, 1.165) is 5.56 Å². The molecule has 0 aliphatic carbocycles. The summed E-state index contributed by atoms with van der Waals surface area (Å²) in [4.78, 5) is 15.6. The van der Waals surface area contributed by atoms with E-state index in [1.54, 1.807) is 30.5 Å². The molecule has 2 rings (SSSR count). The van der Waals surface area contributed by atoms with E-state index in [1.165, 1.54) is 12.1 Å². The van der Waals surface area contributed by atoms with Gasteiger partial charge >= 0.3 is 0 Å². The van der Waals surface area contributed by atoms with Crippen LogP contribution in [0.15, 0.2) is 48.7 Å². The molecule has 0 unspecified atom stereocenters. The molecule has 92 valence electrons. The molecule has 0 bridgehead atoms. The van der Waals surface area contributed by atoms with Crippen LogP contribution in [0.25, 0.3) is 0 Å². The van der Waals surface area contributed by atoms with Crippen molar-refractivity contribution in [2.45, 2.75) is 12.8 Å². The number of nitrogens with one attached hydrogen (secondary N) is 1. The zero-order valence-corrected chi connectivity index (χ0v) is 9.77. The van der Waals surface area contributed by atoms with E-state index in [0.29, 0.717) is 18.7 Å². The molecule has 18 heavy (non-hydrogen) atoms. The van der Waals surface area contributed by atoms with Crippen LogP contribution >= 0.6 is 0 Å². The highest BCUT2D eigenvalue weighted by molar-refractivity contribution is 5.89. The fraction of sp³-hybridized carbons (Fsp3) is 0.143. The van der Waals surface area contributed by atoms with Crippen LogP contribution in [-0.4, -0.2) is 10.9 Å². The number of aryl methyl sites for hydroxylation is 1. The number of aromatic nitrogens is 1. The summed E-state index contributed by atoms with van der Waals surface area (Å²) in [7, 11) is 0. The summed E-state index contributed by atoms with van der Waals surface area (Å²) in [6, 6.07) is 11.5. The van der Waals surface area contributed by atoms with Gasteiger partial charge in [0, 0.05) is 12.6 Å². The van der Waals surface area contributed by atoms with Crippen LogP contribution < -0.4 is 5.32 Å². The maximum Gasteiger partial charge on any atom is 0.225 e. The lowest BCUT2D eigenvalue weighted by molar-refractivity contribution is -0.116. The SMILES string of the molecule is O=C(CCc1ccc(F)cc1)Nc1ccccn1. The van der Waals surface area contributed by atoms with Crippen molar-refractivity contribution in [3.05, 3.63) is 60.0 Å². The van der Waals surface area contributed by atoms with Crippen LogP contribution in [0.1, 0.15) is 12.0 Å². The largest absolute Gasteiger partial charge is 0.311 e. The van der Waals surface area contributed by atoms with Crippen LogP contribution in [0.2, 0.25) is 0 Å². The number of hydrogen-bond donors (Lipinski definition) is 1. The van der Waals surface area contributed by atoms with Gasteiger partial charge in [-0.3, -0.25) is 4.79 Å². The van der Waals surface area contributed by atoms with Crippen LogP contribution in [0.5, 0.6) is 0 Å². The lowest BCUT2D eigenvalue weighted by Crippen LogP contribution is -2.13. The number of anilines is 1. The number of hydrogen-bond acceptors (Lipinski definition) is 2. The summed E-state index contributed by atoms with van der Waals surface area (Å²) in [6.07, 6.45) is 2.55. The summed E-state index contributed by atoms with van der Waals surface area (Å²) >= 11 is 0. The first-order valence-electron chi connectivity index (χ1n) is 5.69. The Hall–Kier alpha value is -2.23. The average Bonchev–Trinajstić information content (AvgIpc) is 2.39. The fourth-order valence-corrected chi connectivity index (χ4v) is 1.55. The molecule has 1 N–H and O–H groups in total. The molecule has 0 fully saturated rings. The molecule has 0 saturated carbocycles. The second kappa shape index (κ2) is 5.91. The zero-order valence-electron chi connectivity index (χ0n) is 9.77. The van der Waals surface area contributed by atoms with Gasteiger partial charge in [0.1, 0.15) is 11.6 Å². The quantitative estimate of drug-likeness (QED) is 0.898. The Morgan fingerprint density at radius 1 is 1.17 bits per heavy atom. The number of halogens is 1. The lowest BCUT2D eigenvalue weighted by Gasteiger charge is -2.04. The summed E-state index contributed by atoms with van der Waals surface area (Å²) in [6.45, 7) is 0. The van der Waals surface area contributed by atoms with Gasteiger partial charge in [0.2, 0.25) is 5.91 Å². The highest BCUT2D eigenvalue weighted by Crippen LogP contribution is 2.07. The molecule has 0 radical (unpaired) electrons. The minimum absolute atomic E-state index is 0.0991. The van der Waals surface area contributed by atoms with Crippen LogP contribution in [0, 0.1) is 5.82 Å². The van der Waals surface area contributed by atoms with Gasteiger partial charge in [-0.1, -0.05) is 18.2 Å². The van der Waals surface area contributed by atoms with Gasteiger partial charge in [0.05, 0.1) is 0 Å². The summed E-state index contributed by atoms with van der Waals surface area (Å²) in [5.41, 5.74) is 0.938. The Morgan fingerprint density at radius 3 is 2.61 bits per heavy atom. The van der Waals surface area contributed by atoms with Crippen molar-refractivity contribution in [2.24, 2.45) is 0 Å². The molecule has 2 aromatic rings. The normalized spacial score (nSPS) is 10.1. The highest BCUT2D eigenvalue weighted by Gasteiger charge is 2.03. The summed E-state index contributed by atoms with van der Waals surface area (Å²) < 4.78 is 12.7. The minimum Gasteiger partial charge on any atom is -0.311 e. The Kier molecular flexibility index (Phi) is 4.02. The number of benzene rings is 1. The number of pyridine rings is 1. The molecule has 1 heterocycles. The third-order valence-electron chi connectivity index (χ3n) is 2.49. The molecule has 4 heteroatoms. The average molecular weight is 244 g/mol. The van der Waals surface area contributed by atoms with Gasteiger partial charge in [0.15, 0.2) is 0 Å². The molecule has 1 amide bonds. The first kappa shape index (κ1) is 12.2. The molecule has 1 aromatic heterocycles. The van der Waals surface area contributed by atoms with Gasteiger partial charge in [-0.25, -0.2) is 9.37 Å². The van der Waals surface area contributed by atoms with Crippen molar-refractivity contribution in [3.8, 4) is 0 Å². The molecular formula is C14H13FN2O.